The first-order chi connectivity index (χ1) is 8.63. The van der Waals surface area contributed by atoms with Crippen molar-refractivity contribution < 1.29 is 14.7 Å². The molecule has 4 nitrogen and oxygen atoms in total. The third-order valence-corrected chi connectivity index (χ3v) is 4.30. The molecular formula is C14H23NO3. The normalized spacial score (nSPS) is 29.6. The van der Waals surface area contributed by atoms with Gasteiger partial charge in [0.1, 0.15) is 0 Å². The van der Waals surface area contributed by atoms with Crippen molar-refractivity contribution in [2.24, 2.45) is 11.8 Å². The molecule has 2 amide bonds. The average Bonchev–Trinajstić information content (AvgIpc) is 2.40. The fourth-order valence-electron chi connectivity index (χ4n) is 3.10. The van der Waals surface area contributed by atoms with Gasteiger partial charge in [0, 0.05) is 18.4 Å². The zero-order valence-corrected chi connectivity index (χ0v) is 11.1. The van der Waals surface area contributed by atoms with Crippen molar-refractivity contribution in [2.75, 3.05) is 6.54 Å². The molecule has 0 aromatic heterocycles. The molecule has 1 saturated heterocycles. The number of aliphatic hydroxyl groups is 1. The Bertz CT molecular complexity index is 307. The van der Waals surface area contributed by atoms with Gasteiger partial charge in [-0.05, 0) is 38.5 Å². The summed E-state index contributed by atoms with van der Waals surface area (Å²) in [6.45, 7) is 2.42. The second-order valence-electron chi connectivity index (χ2n) is 5.59. The topological polar surface area (TPSA) is 57.6 Å². The van der Waals surface area contributed by atoms with E-state index >= 15 is 0 Å². The monoisotopic (exact) mass is 253 g/mol. The van der Waals surface area contributed by atoms with E-state index in [1.54, 1.807) is 0 Å². The Morgan fingerprint density at radius 1 is 1.28 bits per heavy atom. The van der Waals surface area contributed by atoms with E-state index in [1.807, 2.05) is 6.92 Å². The quantitative estimate of drug-likeness (QED) is 0.759. The number of imide groups is 1. The number of hydrogen-bond acceptors (Lipinski definition) is 3. The maximum absolute atomic E-state index is 12.1. The van der Waals surface area contributed by atoms with Gasteiger partial charge >= 0.3 is 0 Å². The van der Waals surface area contributed by atoms with E-state index in [2.05, 4.69) is 0 Å². The minimum absolute atomic E-state index is 0.0296. The lowest BCUT2D eigenvalue weighted by molar-refractivity contribution is -0.158. The van der Waals surface area contributed by atoms with Gasteiger partial charge in [-0.15, -0.1) is 0 Å². The highest BCUT2D eigenvalue weighted by molar-refractivity contribution is 6.00. The molecule has 4 heteroatoms. The molecule has 1 saturated carbocycles. The molecular weight excluding hydrogens is 230 g/mol. The summed E-state index contributed by atoms with van der Waals surface area (Å²) in [7, 11) is 0. The molecule has 1 heterocycles. The third-order valence-electron chi connectivity index (χ3n) is 4.30. The highest BCUT2D eigenvalue weighted by Crippen LogP contribution is 2.36. The Morgan fingerprint density at radius 2 is 1.89 bits per heavy atom. The van der Waals surface area contributed by atoms with Crippen LogP contribution >= 0.6 is 0 Å². The number of carbonyl (C=O) groups excluding carboxylic acids is 2. The van der Waals surface area contributed by atoms with Crippen LogP contribution in [0.2, 0.25) is 0 Å². The van der Waals surface area contributed by atoms with Crippen LogP contribution in [-0.2, 0) is 9.59 Å². The number of likely N-dealkylation sites (tertiary alicyclic amines) is 1. The molecule has 2 aliphatic rings. The summed E-state index contributed by atoms with van der Waals surface area (Å²) in [5.41, 5.74) is 0. The van der Waals surface area contributed by atoms with Gasteiger partial charge in [-0.3, -0.25) is 14.5 Å². The van der Waals surface area contributed by atoms with E-state index in [-0.39, 0.29) is 29.8 Å². The number of aliphatic hydroxyl groups excluding tert-OH is 1. The molecule has 3 unspecified atom stereocenters. The van der Waals surface area contributed by atoms with Crippen molar-refractivity contribution in [1.29, 1.82) is 0 Å². The van der Waals surface area contributed by atoms with Crippen molar-refractivity contribution in [2.45, 2.75) is 58.0 Å². The minimum atomic E-state index is -0.306. The lowest BCUT2D eigenvalue weighted by Crippen LogP contribution is -2.51. The van der Waals surface area contributed by atoms with Gasteiger partial charge in [-0.2, -0.15) is 0 Å². The number of piperidine rings is 1. The van der Waals surface area contributed by atoms with Crippen molar-refractivity contribution in [1.82, 2.24) is 4.90 Å². The maximum Gasteiger partial charge on any atom is 0.232 e. The van der Waals surface area contributed by atoms with Crippen LogP contribution in [-0.4, -0.2) is 34.5 Å². The third kappa shape index (κ3) is 2.74. The lowest BCUT2D eigenvalue weighted by atomic mass is 9.77. The Kier molecular flexibility index (Phi) is 4.38. The highest BCUT2D eigenvalue weighted by atomic mass is 16.3. The van der Waals surface area contributed by atoms with Crippen LogP contribution < -0.4 is 0 Å². The first kappa shape index (κ1) is 13.5. The largest absolute Gasteiger partial charge is 0.393 e. The van der Waals surface area contributed by atoms with Gasteiger partial charge in [0.25, 0.3) is 0 Å². The average molecular weight is 253 g/mol. The summed E-state index contributed by atoms with van der Waals surface area (Å²) >= 11 is 0. The number of hydrogen-bond donors (Lipinski definition) is 1. The summed E-state index contributed by atoms with van der Waals surface area (Å²) in [6, 6.07) is 0. The summed E-state index contributed by atoms with van der Waals surface area (Å²) < 4.78 is 0. The molecule has 1 aliphatic heterocycles. The van der Waals surface area contributed by atoms with Gasteiger partial charge in [0.05, 0.1) is 6.10 Å². The Labute approximate surface area is 108 Å². The van der Waals surface area contributed by atoms with Gasteiger partial charge in [-0.25, -0.2) is 0 Å². The molecule has 1 N–H and O–H groups in total. The van der Waals surface area contributed by atoms with Crippen molar-refractivity contribution in [3.8, 4) is 0 Å². The van der Waals surface area contributed by atoms with Gasteiger partial charge in [0.15, 0.2) is 0 Å². The van der Waals surface area contributed by atoms with E-state index in [4.69, 9.17) is 0 Å². The van der Waals surface area contributed by atoms with Crippen LogP contribution in [0.3, 0.4) is 0 Å². The van der Waals surface area contributed by atoms with Gasteiger partial charge in [-0.1, -0.05) is 13.3 Å². The lowest BCUT2D eigenvalue weighted by Gasteiger charge is -2.39. The first-order valence-electron chi connectivity index (χ1n) is 7.16. The molecule has 0 radical (unpaired) electrons. The number of rotatable bonds is 5. The van der Waals surface area contributed by atoms with E-state index in [0.717, 1.165) is 32.1 Å². The number of nitrogens with zero attached hydrogens (tertiary/aromatic N) is 1. The standard InChI is InChI=1S/C14H23NO3/c1-2-12(16)7-4-8-15-13(17)10-5-3-6-11(9-10)14(15)18/h10-12,16H,2-9H2,1H3. The summed E-state index contributed by atoms with van der Waals surface area (Å²) in [5.74, 6) is 0.221. The molecule has 2 fully saturated rings. The molecule has 2 bridgehead atoms. The Balaban J connectivity index is 1.90. The van der Waals surface area contributed by atoms with E-state index in [9.17, 15) is 14.7 Å². The summed E-state index contributed by atoms with van der Waals surface area (Å²) in [6.07, 6.45) is 5.47. The van der Waals surface area contributed by atoms with Crippen LogP contribution in [0.25, 0.3) is 0 Å². The zero-order valence-electron chi connectivity index (χ0n) is 11.1. The number of fused-ring (bicyclic) bond motifs is 2. The van der Waals surface area contributed by atoms with Gasteiger partial charge < -0.3 is 5.11 Å². The number of amides is 2. The molecule has 0 spiro atoms. The van der Waals surface area contributed by atoms with Crippen molar-refractivity contribution in [3.63, 3.8) is 0 Å². The highest BCUT2D eigenvalue weighted by Gasteiger charge is 2.42. The first-order valence-corrected chi connectivity index (χ1v) is 7.16. The molecule has 102 valence electrons. The fourth-order valence-corrected chi connectivity index (χ4v) is 3.10. The predicted octanol–water partition coefficient (Wildman–Crippen LogP) is 1.71. The number of carbonyl (C=O) groups is 2. The summed E-state index contributed by atoms with van der Waals surface area (Å²) in [4.78, 5) is 25.7. The van der Waals surface area contributed by atoms with Crippen LogP contribution in [0.1, 0.15) is 51.9 Å². The zero-order chi connectivity index (χ0) is 13.1. The van der Waals surface area contributed by atoms with E-state index in [0.29, 0.717) is 19.4 Å². The molecule has 0 aromatic rings. The second kappa shape index (κ2) is 5.83. The van der Waals surface area contributed by atoms with Crippen molar-refractivity contribution >= 4 is 11.8 Å². The summed E-state index contributed by atoms with van der Waals surface area (Å²) in [5, 5.41) is 9.49. The van der Waals surface area contributed by atoms with Gasteiger partial charge in [0.2, 0.25) is 11.8 Å². The molecule has 2 rings (SSSR count). The predicted molar refractivity (Wildman–Crippen MR) is 67.7 cm³/mol. The Morgan fingerprint density at radius 3 is 2.44 bits per heavy atom. The SMILES string of the molecule is CCC(O)CCCN1C(=O)C2CCCC(C2)C1=O. The van der Waals surface area contributed by atoms with E-state index in [1.165, 1.54) is 4.90 Å². The molecule has 1 aliphatic carbocycles. The Hall–Kier alpha value is -0.900. The van der Waals surface area contributed by atoms with Crippen LogP contribution in [0.15, 0.2) is 0 Å². The minimum Gasteiger partial charge on any atom is -0.393 e. The van der Waals surface area contributed by atoms with Crippen LogP contribution in [0.5, 0.6) is 0 Å². The second-order valence-corrected chi connectivity index (χ2v) is 5.59. The van der Waals surface area contributed by atoms with Crippen molar-refractivity contribution in [3.05, 3.63) is 0 Å². The molecule has 3 atom stereocenters. The fraction of sp³-hybridized carbons (Fsp3) is 0.857. The van der Waals surface area contributed by atoms with Crippen LogP contribution in [0.4, 0.5) is 0 Å². The molecule has 18 heavy (non-hydrogen) atoms. The maximum atomic E-state index is 12.1. The van der Waals surface area contributed by atoms with Crippen LogP contribution in [0, 0.1) is 11.8 Å². The smallest absolute Gasteiger partial charge is 0.232 e. The molecule has 0 aromatic carbocycles. The van der Waals surface area contributed by atoms with E-state index < -0.39 is 0 Å².